The van der Waals surface area contributed by atoms with Crippen LogP contribution in [0.1, 0.15) is 11.4 Å². The molecule has 0 unspecified atom stereocenters. The van der Waals surface area contributed by atoms with Crippen LogP contribution in [-0.4, -0.2) is 22.2 Å². The van der Waals surface area contributed by atoms with Gasteiger partial charge in [0.15, 0.2) is 5.75 Å². The SMILES string of the molecule is COc1ccc2nc(/C(C#N)=C\c3cc(Cl)c(O)c(Cl)c3)[nH]c2c1. The summed E-state index contributed by atoms with van der Waals surface area (Å²) in [5.41, 5.74) is 2.36. The van der Waals surface area contributed by atoms with Crippen molar-refractivity contribution < 1.29 is 9.84 Å². The Morgan fingerprint density at radius 3 is 2.62 bits per heavy atom. The summed E-state index contributed by atoms with van der Waals surface area (Å²) in [7, 11) is 1.58. The number of aromatic amines is 1. The van der Waals surface area contributed by atoms with Gasteiger partial charge in [-0.25, -0.2) is 4.98 Å². The van der Waals surface area contributed by atoms with Crippen LogP contribution in [0.4, 0.5) is 0 Å². The molecule has 3 aromatic rings. The molecule has 0 bridgehead atoms. The number of phenolic OH excluding ortho intramolecular Hbond substituents is 1. The zero-order valence-corrected chi connectivity index (χ0v) is 14.0. The first-order valence-electron chi connectivity index (χ1n) is 6.85. The van der Waals surface area contributed by atoms with Crippen LogP contribution in [0.15, 0.2) is 30.3 Å². The van der Waals surface area contributed by atoms with Gasteiger partial charge in [-0.05, 0) is 35.9 Å². The predicted octanol–water partition coefficient (Wildman–Crippen LogP) is 4.65. The molecule has 5 nitrogen and oxygen atoms in total. The molecule has 2 N–H and O–H groups in total. The highest BCUT2D eigenvalue weighted by Crippen LogP contribution is 2.34. The second-order valence-corrected chi connectivity index (χ2v) is 5.79. The molecule has 0 saturated heterocycles. The minimum absolute atomic E-state index is 0.111. The summed E-state index contributed by atoms with van der Waals surface area (Å²) in [6.45, 7) is 0. The first-order valence-corrected chi connectivity index (χ1v) is 7.61. The summed E-state index contributed by atoms with van der Waals surface area (Å²) < 4.78 is 5.17. The number of aromatic hydroxyl groups is 1. The molecule has 2 aromatic carbocycles. The molecule has 3 rings (SSSR count). The highest BCUT2D eigenvalue weighted by atomic mass is 35.5. The maximum atomic E-state index is 9.60. The maximum Gasteiger partial charge on any atom is 0.152 e. The van der Waals surface area contributed by atoms with Crippen LogP contribution in [0.2, 0.25) is 10.0 Å². The average molecular weight is 360 g/mol. The summed E-state index contributed by atoms with van der Waals surface area (Å²) >= 11 is 11.8. The second-order valence-electron chi connectivity index (χ2n) is 4.97. The molecule has 0 fully saturated rings. The van der Waals surface area contributed by atoms with Crippen LogP contribution in [0.25, 0.3) is 22.7 Å². The number of nitrogens with one attached hydrogen (secondary N) is 1. The number of nitrogens with zero attached hydrogens (tertiary/aromatic N) is 2. The van der Waals surface area contributed by atoms with Gasteiger partial charge in [-0.15, -0.1) is 0 Å². The molecule has 24 heavy (non-hydrogen) atoms. The van der Waals surface area contributed by atoms with E-state index in [-0.39, 0.29) is 15.8 Å². The molecule has 0 saturated carbocycles. The molecular formula is C17H11Cl2N3O2. The Balaban J connectivity index is 2.07. The zero-order chi connectivity index (χ0) is 17.3. The Morgan fingerprint density at radius 2 is 2.00 bits per heavy atom. The third-order valence-corrected chi connectivity index (χ3v) is 3.99. The highest BCUT2D eigenvalue weighted by molar-refractivity contribution is 6.37. The molecule has 0 spiro atoms. The number of benzene rings is 2. The van der Waals surface area contributed by atoms with Gasteiger partial charge in [0, 0.05) is 6.07 Å². The van der Waals surface area contributed by atoms with Crippen LogP contribution in [0, 0.1) is 11.3 Å². The van der Waals surface area contributed by atoms with Crippen molar-refractivity contribution in [1.29, 1.82) is 5.26 Å². The molecule has 7 heteroatoms. The molecule has 1 heterocycles. The molecule has 0 amide bonds. The Labute approximate surface area is 147 Å². The number of allylic oxidation sites excluding steroid dienone is 1. The monoisotopic (exact) mass is 359 g/mol. The van der Waals surface area contributed by atoms with Gasteiger partial charge in [-0.2, -0.15) is 5.26 Å². The van der Waals surface area contributed by atoms with E-state index in [1.165, 1.54) is 12.1 Å². The summed E-state index contributed by atoms with van der Waals surface area (Å²) in [6, 6.07) is 10.5. The quantitative estimate of drug-likeness (QED) is 0.666. The molecule has 0 aliphatic carbocycles. The normalized spacial score (nSPS) is 11.5. The fourth-order valence-electron chi connectivity index (χ4n) is 2.23. The lowest BCUT2D eigenvalue weighted by Crippen LogP contribution is -1.85. The van der Waals surface area contributed by atoms with Crippen LogP contribution in [-0.2, 0) is 0 Å². The van der Waals surface area contributed by atoms with E-state index in [0.29, 0.717) is 28.2 Å². The number of nitriles is 1. The number of hydrogen-bond acceptors (Lipinski definition) is 4. The fourth-order valence-corrected chi connectivity index (χ4v) is 2.74. The van der Waals surface area contributed by atoms with E-state index in [1.807, 2.05) is 0 Å². The third kappa shape index (κ3) is 3.02. The third-order valence-electron chi connectivity index (χ3n) is 3.41. The molecular weight excluding hydrogens is 349 g/mol. The number of hydrogen-bond donors (Lipinski definition) is 2. The van der Waals surface area contributed by atoms with Gasteiger partial charge in [0.05, 0.1) is 33.8 Å². The number of rotatable bonds is 3. The maximum absolute atomic E-state index is 9.60. The molecule has 0 aliphatic heterocycles. The van der Waals surface area contributed by atoms with Gasteiger partial charge in [0.25, 0.3) is 0 Å². The Morgan fingerprint density at radius 1 is 1.29 bits per heavy atom. The summed E-state index contributed by atoms with van der Waals surface area (Å²) in [6.07, 6.45) is 1.59. The largest absolute Gasteiger partial charge is 0.505 e. The van der Waals surface area contributed by atoms with Crippen molar-refractivity contribution >= 4 is 45.9 Å². The van der Waals surface area contributed by atoms with E-state index in [4.69, 9.17) is 27.9 Å². The predicted molar refractivity (Wildman–Crippen MR) is 94.3 cm³/mol. The molecule has 120 valence electrons. The van der Waals surface area contributed by atoms with E-state index in [0.717, 1.165) is 5.52 Å². The van der Waals surface area contributed by atoms with Crippen molar-refractivity contribution in [3.63, 3.8) is 0 Å². The van der Waals surface area contributed by atoms with Crippen LogP contribution < -0.4 is 4.74 Å². The lowest BCUT2D eigenvalue weighted by atomic mass is 10.1. The second kappa shape index (κ2) is 6.44. The van der Waals surface area contributed by atoms with Crippen LogP contribution >= 0.6 is 23.2 Å². The van der Waals surface area contributed by atoms with Gasteiger partial charge in [0.1, 0.15) is 17.6 Å². The number of imidazole rings is 1. The number of fused-ring (bicyclic) bond motifs is 1. The number of H-pyrrole nitrogens is 1. The highest BCUT2D eigenvalue weighted by Gasteiger charge is 2.11. The molecule has 0 atom stereocenters. The van der Waals surface area contributed by atoms with E-state index >= 15 is 0 Å². The fraction of sp³-hybridized carbons (Fsp3) is 0.0588. The minimum Gasteiger partial charge on any atom is -0.505 e. The van der Waals surface area contributed by atoms with Crippen molar-refractivity contribution in [2.24, 2.45) is 0 Å². The Kier molecular flexibility index (Phi) is 4.34. The van der Waals surface area contributed by atoms with Gasteiger partial charge in [-0.3, -0.25) is 0 Å². The lowest BCUT2D eigenvalue weighted by molar-refractivity contribution is 0.415. The Bertz CT molecular complexity index is 980. The minimum atomic E-state index is -0.190. The topological polar surface area (TPSA) is 81.9 Å². The zero-order valence-electron chi connectivity index (χ0n) is 12.5. The van der Waals surface area contributed by atoms with Crippen molar-refractivity contribution in [2.45, 2.75) is 0 Å². The number of methoxy groups -OCH3 is 1. The van der Waals surface area contributed by atoms with Crippen molar-refractivity contribution in [2.75, 3.05) is 7.11 Å². The standard InChI is InChI=1S/C17H11Cl2N3O2/c1-24-11-2-3-14-15(7-11)22-17(21-14)10(8-20)4-9-5-12(18)16(23)13(19)6-9/h2-7,23H,1H3,(H,21,22)/b10-4-. The van der Waals surface area contributed by atoms with E-state index in [1.54, 1.807) is 31.4 Å². The lowest BCUT2D eigenvalue weighted by Gasteiger charge is -2.02. The number of aromatic nitrogens is 2. The van der Waals surface area contributed by atoms with E-state index in [2.05, 4.69) is 16.0 Å². The number of halogens is 2. The van der Waals surface area contributed by atoms with Crippen LogP contribution in [0.3, 0.4) is 0 Å². The van der Waals surface area contributed by atoms with Crippen molar-refractivity contribution in [1.82, 2.24) is 9.97 Å². The molecule has 1 aromatic heterocycles. The first-order chi connectivity index (χ1) is 11.5. The summed E-state index contributed by atoms with van der Waals surface area (Å²) in [5.74, 6) is 0.920. The van der Waals surface area contributed by atoms with E-state index < -0.39 is 0 Å². The van der Waals surface area contributed by atoms with Gasteiger partial charge in [0.2, 0.25) is 0 Å². The van der Waals surface area contributed by atoms with Crippen LogP contribution in [0.5, 0.6) is 11.5 Å². The van der Waals surface area contributed by atoms with Crippen molar-refractivity contribution in [3.8, 4) is 17.6 Å². The van der Waals surface area contributed by atoms with E-state index in [9.17, 15) is 10.4 Å². The van der Waals surface area contributed by atoms with Gasteiger partial charge < -0.3 is 14.8 Å². The summed E-state index contributed by atoms with van der Waals surface area (Å²) in [4.78, 5) is 7.49. The first kappa shape index (κ1) is 16.2. The smallest absolute Gasteiger partial charge is 0.152 e. The van der Waals surface area contributed by atoms with Crippen molar-refractivity contribution in [3.05, 3.63) is 51.8 Å². The van der Waals surface area contributed by atoms with Gasteiger partial charge >= 0.3 is 0 Å². The Hall–Kier alpha value is -2.68. The summed E-state index contributed by atoms with van der Waals surface area (Å²) in [5, 5.41) is 19.3. The average Bonchev–Trinajstić information content (AvgIpc) is 3.00. The van der Waals surface area contributed by atoms with Gasteiger partial charge in [-0.1, -0.05) is 23.2 Å². The number of phenols is 1. The molecule has 0 radical (unpaired) electrons. The molecule has 0 aliphatic rings. The number of ether oxygens (including phenoxy) is 1.